The number of aliphatic hydroxyl groups is 2. The lowest BCUT2D eigenvalue weighted by Gasteiger charge is -2.23. The molecule has 6 nitrogen and oxygen atoms in total. The fraction of sp³-hybridized carbons (Fsp3) is 0.429. The van der Waals surface area contributed by atoms with E-state index in [2.05, 4.69) is 9.68 Å². The minimum Gasteiger partial charge on any atom is -0.369 e. The van der Waals surface area contributed by atoms with Gasteiger partial charge in [0, 0.05) is 6.07 Å². The lowest BCUT2D eigenvalue weighted by Crippen LogP contribution is -2.41. The van der Waals surface area contributed by atoms with Crippen LogP contribution in [-0.4, -0.2) is 21.3 Å². The number of carbonyl (C=O) groups excluding carboxylic acids is 1. The third-order valence-electron chi connectivity index (χ3n) is 1.85. The van der Waals surface area contributed by atoms with Crippen LogP contribution in [0.15, 0.2) is 16.9 Å². The van der Waals surface area contributed by atoms with Crippen LogP contribution in [0.2, 0.25) is 0 Å². The van der Waals surface area contributed by atoms with E-state index in [-0.39, 0.29) is 5.69 Å². The molecule has 0 saturated carbocycles. The van der Waals surface area contributed by atoms with Gasteiger partial charge in [0.05, 0.1) is 5.92 Å². The average Bonchev–Trinajstić information content (AvgIpc) is 2.54. The number of amides is 1. The Kier molecular flexibility index (Phi) is 2.35. The van der Waals surface area contributed by atoms with Gasteiger partial charge in [0.25, 0.3) is 0 Å². The molecule has 6 heteroatoms. The van der Waals surface area contributed by atoms with Crippen molar-refractivity contribution < 1.29 is 19.5 Å². The Balaban J connectivity index is 2.95. The zero-order chi connectivity index (χ0) is 10.1. The number of carbonyl (C=O) groups is 1. The Hall–Kier alpha value is -1.40. The molecule has 1 heterocycles. The highest BCUT2D eigenvalue weighted by molar-refractivity contribution is 5.77. The molecular weight excluding hydrogens is 176 g/mol. The topological polar surface area (TPSA) is 110 Å². The van der Waals surface area contributed by atoms with E-state index >= 15 is 0 Å². The van der Waals surface area contributed by atoms with E-state index in [1.165, 1.54) is 19.3 Å². The monoisotopic (exact) mass is 186 g/mol. The second-order valence-electron chi connectivity index (χ2n) is 2.73. The van der Waals surface area contributed by atoms with Gasteiger partial charge in [-0.15, -0.1) is 0 Å². The SMILES string of the molecule is CC(C(N)=O)C(O)(O)c1ccon1. The molecule has 0 bridgehead atoms. The Morgan fingerprint density at radius 2 is 2.38 bits per heavy atom. The Morgan fingerprint density at radius 1 is 1.77 bits per heavy atom. The zero-order valence-electron chi connectivity index (χ0n) is 6.97. The Bertz CT molecular complexity index is 293. The number of primary amides is 1. The van der Waals surface area contributed by atoms with E-state index in [4.69, 9.17) is 5.73 Å². The van der Waals surface area contributed by atoms with Gasteiger partial charge in [-0.2, -0.15) is 0 Å². The van der Waals surface area contributed by atoms with Crippen molar-refractivity contribution in [1.29, 1.82) is 0 Å². The summed E-state index contributed by atoms with van der Waals surface area (Å²) in [6, 6.07) is 1.25. The molecule has 0 aliphatic rings. The smallest absolute Gasteiger partial charge is 0.226 e. The highest BCUT2D eigenvalue weighted by Crippen LogP contribution is 2.24. The molecule has 4 N–H and O–H groups in total. The molecule has 1 amide bonds. The van der Waals surface area contributed by atoms with Crippen molar-refractivity contribution in [2.75, 3.05) is 0 Å². The second kappa shape index (κ2) is 3.15. The molecule has 1 atom stereocenters. The van der Waals surface area contributed by atoms with Gasteiger partial charge < -0.3 is 20.5 Å². The van der Waals surface area contributed by atoms with Crippen LogP contribution in [0.4, 0.5) is 0 Å². The van der Waals surface area contributed by atoms with E-state index < -0.39 is 17.6 Å². The van der Waals surface area contributed by atoms with Gasteiger partial charge >= 0.3 is 0 Å². The Morgan fingerprint density at radius 3 is 2.77 bits per heavy atom. The number of aromatic nitrogens is 1. The maximum Gasteiger partial charge on any atom is 0.226 e. The predicted molar refractivity (Wildman–Crippen MR) is 41.0 cm³/mol. The van der Waals surface area contributed by atoms with Crippen molar-refractivity contribution in [3.63, 3.8) is 0 Å². The van der Waals surface area contributed by atoms with E-state index in [0.717, 1.165) is 0 Å². The normalized spacial score (nSPS) is 14.1. The fourth-order valence-electron chi connectivity index (χ4n) is 0.823. The third-order valence-corrected chi connectivity index (χ3v) is 1.85. The van der Waals surface area contributed by atoms with Gasteiger partial charge in [-0.05, 0) is 6.92 Å². The van der Waals surface area contributed by atoms with Gasteiger partial charge in [-0.1, -0.05) is 5.16 Å². The van der Waals surface area contributed by atoms with Crippen LogP contribution < -0.4 is 5.73 Å². The molecule has 1 aromatic rings. The molecule has 1 aromatic heterocycles. The van der Waals surface area contributed by atoms with Crippen LogP contribution in [0.5, 0.6) is 0 Å². The van der Waals surface area contributed by atoms with Crippen LogP contribution in [0.25, 0.3) is 0 Å². The summed E-state index contributed by atoms with van der Waals surface area (Å²) in [4.78, 5) is 10.7. The molecule has 0 aliphatic heterocycles. The molecule has 1 unspecified atom stereocenters. The standard InChI is InChI=1S/C7H10N2O4/c1-4(6(8)10)7(11,12)5-2-3-13-9-5/h2-4,11-12H,1H3,(H2,8,10). The predicted octanol–water partition coefficient (Wildman–Crippen LogP) is -1.07. The largest absolute Gasteiger partial charge is 0.369 e. The summed E-state index contributed by atoms with van der Waals surface area (Å²) in [5, 5.41) is 22.2. The van der Waals surface area contributed by atoms with Crippen LogP contribution in [0.1, 0.15) is 12.6 Å². The minimum absolute atomic E-state index is 0.140. The first-order chi connectivity index (χ1) is 5.96. The molecule has 0 aliphatic carbocycles. The summed E-state index contributed by atoms with van der Waals surface area (Å²) in [7, 11) is 0. The quantitative estimate of drug-likeness (QED) is 0.521. The van der Waals surface area contributed by atoms with Gasteiger partial charge in [0.2, 0.25) is 11.7 Å². The van der Waals surface area contributed by atoms with E-state index in [1.807, 2.05) is 0 Å². The molecule has 13 heavy (non-hydrogen) atoms. The maximum absolute atomic E-state index is 10.7. The first kappa shape index (κ1) is 9.69. The van der Waals surface area contributed by atoms with Gasteiger partial charge in [0.15, 0.2) is 0 Å². The maximum atomic E-state index is 10.7. The average molecular weight is 186 g/mol. The molecule has 0 aromatic carbocycles. The lowest BCUT2D eigenvalue weighted by atomic mass is 9.97. The molecule has 0 fully saturated rings. The van der Waals surface area contributed by atoms with Gasteiger partial charge in [0.1, 0.15) is 12.0 Å². The highest BCUT2D eigenvalue weighted by Gasteiger charge is 2.39. The lowest BCUT2D eigenvalue weighted by molar-refractivity contribution is -0.208. The fourth-order valence-corrected chi connectivity index (χ4v) is 0.823. The van der Waals surface area contributed by atoms with E-state index in [0.29, 0.717) is 0 Å². The molecule has 1 rings (SSSR count). The molecule has 0 saturated heterocycles. The van der Waals surface area contributed by atoms with Crippen molar-refractivity contribution >= 4 is 5.91 Å². The Labute approximate surface area is 73.9 Å². The summed E-state index contributed by atoms with van der Waals surface area (Å²) in [6.45, 7) is 1.29. The van der Waals surface area contributed by atoms with Crippen LogP contribution in [0, 0.1) is 5.92 Å². The second-order valence-corrected chi connectivity index (χ2v) is 2.73. The van der Waals surface area contributed by atoms with Crippen LogP contribution in [-0.2, 0) is 10.6 Å². The van der Waals surface area contributed by atoms with E-state index in [9.17, 15) is 15.0 Å². The van der Waals surface area contributed by atoms with Gasteiger partial charge in [-0.25, -0.2) is 0 Å². The number of rotatable bonds is 3. The number of nitrogens with two attached hydrogens (primary N) is 1. The number of hydrogen-bond acceptors (Lipinski definition) is 5. The zero-order valence-corrected chi connectivity index (χ0v) is 6.97. The summed E-state index contributed by atoms with van der Waals surface area (Å²) >= 11 is 0. The summed E-state index contributed by atoms with van der Waals surface area (Å²) in [5.74, 6) is -4.36. The van der Waals surface area contributed by atoms with Crippen molar-refractivity contribution in [2.24, 2.45) is 11.7 Å². The van der Waals surface area contributed by atoms with Crippen molar-refractivity contribution in [3.8, 4) is 0 Å². The first-order valence-electron chi connectivity index (χ1n) is 3.61. The first-order valence-corrected chi connectivity index (χ1v) is 3.61. The molecule has 0 spiro atoms. The van der Waals surface area contributed by atoms with Crippen molar-refractivity contribution in [3.05, 3.63) is 18.0 Å². The molecular formula is C7H10N2O4. The molecule has 0 radical (unpaired) electrons. The molecule has 72 valence electrons. The summed E-state index contributed by atoms with van der Waals surface area (Å²) in [6.07, 6.45) is 1.17. The van der Waals surface area contributed by atoms with Crippen molar-refractivity contribution in [2.45, 2.75) is 12.7 Å². The van der Waals surface area contributed by atoms with Crippen LogP contribution in [0.3, 0.4) is 0 Å². The van der Waals surface area contributed by atoms with Crippen LogP contribution >= 0.6 is 0 Å². The summed E-state index contributed by atoms with van der Waals surface area (Å²) < 4.78 is 4.41. The number of hydrogen-bond donors (Lipinski definition) is 3. The third kappa shape index (κ3) is 1.68. The number of nitrogens with zero attached hydrogens (tertiary/aromatic N) is 1. The summed E-state index contributed by atoms with van der Waals surface area (Å²) in [5.41, 5.74) is 4.77. The van der Waals surface area contributed by atoms with E-state index in [1.54, 1.807) is 0 Å². The minimum atomic E-state index is -2.38. The highest BCUT2D eigenvalue weighted by atomic mass is 16.5. The van der Waals surface area contributed by atoms with Crippen molar-refractivity contribution in [1.82, 2.24) is 5.16 Å². The van der Waals surface area contributed by atoms with Gasteiger partial charge in [-0.3, -0.25) is 4.79 Å².